The Hall–Kier alpha value is -1.75. The van der Waals surface area contributed by atoms with Gasteiger partial charge in [-0.05, 0) is 19.3 Å². The first kappa shape index (κ1) is 26.2. The number of hydrogen-bond acceptors (Lipinski definition) is 10. The van der Waals surface area contributed by atoms with Gasteiger partial charge in [0.25, 0.3) is 0 Å². The standard InChI is InChI=1S/C18H32O10/c1-4-7-14(20)26-17(25-13-12-24-11-10-19)18(23,27-15(21)8-5-2)28-16(22)9-6-3/h17,19,23H,4-13H2,1-3H3. The van der Waals surface area contributed by atoms with Crippen LogP contribution in [0, 0.1) is 0 Å². The number of esters is 3. The number of aliphatic hydroxyl groups is 2. The van der Waals surface area contributed by atoms with Gasteiger partial charge in [-0.2, -0.15) is 0 Å². The highest BCUT2D eigenvalue weighted by Gasteiger charge is 2.49. The van der Waals surface area contributed by atoms with E-state index in [1.807, 2.05) is 0 Å². The smallest absolute Gasteiger partial charge is 0.424 e. The molecule has 0 fully saturated rings. The Morgan fingerprint density at radius 2 is 1.32 bits per heavy atom. The molecular formula is C18H32O10. The number of hydrogen-bond donors (Lipinski definition) is 2. The Labute approximate surface area is 165 Å². The molecule has 0 aromatic carbocycles. The van der Waals surface area contributed by atoms with E-state index in [9.17, 15) is 19.5 Å². The molecule has 10 nitrogen and oxygen atoms in total. The normalized spacial score (nSPS) is 12.3. The minimum atomic E-state index is -2.93. The fourth-order valence-corrected chi connectivity index (χ4v) is 1.93. The van der Waals surface area contributed by atoms with Crippen molar-refractivity contribution in [3.05, 3.63) is 0 Å². The monoisotopic (exact) mass is 408 g/mol. The van der Waals surface area contributed by atoms with Gasteiger partial charge >= 0.3 is 30.2 Å². The molecular weight excluding hydrogens is 376 g/mol. The van der Waals surface area contributed by atoms with Crippen LogP contribution in [0.4, 0.5) is 0 Å². The van der Waals surface area contributed by atoms with Crippen LogP contribution in [0.3, 0.4) is 0 Å². The summed E-state index contributed by atoms with van der Waals surface area (Å²) in [5, 5.41) is 19.4. The van der Waals surface area contributed by atoms with Gasteiger partial charge < -0.3 is 33.9 Å². The molecule has 0 aromatic rings. The van der Waals surface area contributed by atoms with Crippen molar-refractivity contribution in [1.82, 2.24) is 0 Å². The highest BCUT2D eigenvalue weighted by Crippen LogP contribution is 2.23. The maximum absolute atomic E-state index is 11.9. The molecule has 0 bridgehead atoms. The maximum Gasteiger partial charge on any atom is 0.440 e. The van der Waals surface area contributed by atoms with Crippen molar-refractivity contribution >= 4 is 17.9 Å². The van der Waals surface area contributed by atoms with Crippen LogP contribution in [0.25, 0.3) is 0 Å². The summed E-state index contributed by atoms with van der Waals surface area (Å²) in [6.45, 7) is 4.85. The Morgan fingerprint density at radius 1 is 0.821 bits per heavy atom. The molecule has 0 aromatic heterocycles. The molecule has 0 saturated carbocycles. The maximum atomic E-state index is 11.9. The van der Waals surface area contributed by atoms with Crippen LogP contribution in [-0.2, 0) is 38.1 Å². The first-order valence-electron chi connectivity index (χ1n) is 9.48. The zero-order chi connectivity index (χ0) is 21.4. The second-order valence-electron chi connectivity index (χ2n) is 5.86. The van der Waals surface area contributed by atoms with E-state index < -0.39 is 30.2 Å². The van der Waals surface area contributed by atoms with Gasteiger partial charge in [0.15, 0.2) is 0 Å². The highest BCUT2D eigenvalue weighted by molar-refractivity contribution is 5.72. The van der Waals surface area contributed by atoms with E-state index in [0.717, 1.165) is 0 Å². The summed E-state index contributed by atoms with van der Waals surface area (Å²) in [6, 6.07) is 0. The zero-order valence-electron chi connectivity index (χ0n) is 16.8. The number of ether oxygens (including phenoxy) is 5. The summed E-state index contributed by atoms with van der Waals surface area (Å²) in [4.78, 5) is 35.7. The average molecular weight is 408 g/mol. The van der Waals surface area contributed by atoms with Crippen molar-refractivity contribution in [3.63, 3.8) is 0 Å². The van der Waals surface area contributed by atoms with Crippen LogP contribution < -0.4 is 0 Å². The number of carbonyl (C=O) groups excluding carboxylic acids is 3. The topological polar surface area (TPSA) is 138 Å². The molecule has 1 unspecified atom stereocenters. The van der Waals surface area contributed by atoms with Gasteiger partial charge in [0.05, 0.1) is 26.4 Å². The lowest BCUT2D eigenvalue weighted by molar-refractivity contribution is -0.406. The van der Waals surface area contributed by atoms with Gasteiger partial charge in [0.2, 0.25) is 0 Å². The second-order valence-corrected chi connectivity index (χ2v) is 5.86. The molecule has 0 saturated heterocycles. The van der Waals surface area contributed by atoms with Crippen molar-refractivity contribution in [1.29, 1.82) is 0 Å². The minimum Gasteiger partial charge on any atom is -0.424 e. The Morgan fingerprint density at radius 3 is 1.79 bits per heavy atom. The summed E-state index contributed by atoms with van der Waals surface area (Å²) in [5.41, 5.74) is 0. The third kappa shape index (κ3) is 11.2. The molecule has 1 atom stereocenters. The fraction of sp³-hybridized carbons (Fsp3) is 0.833. The molecule has 0 amide bonds. The zero-order valence-corrected chi connectivity index (χ0v) is 16.8. The second kappa shape index (κ2) is 15.2. The van der Waals surface area contributed by atoms with E-state index in [2.05, 4.69) is 0 Å². The molecule has 0 spiro atoms. The first-order chi connectivity index (χ1) is 13.3. The largest absolute Gasteiger partial charge is 0.440 e. The molecule has 0 radical (unpaired) electrons. The van der Waals surface area contributed by atoms with Crippen LogP contribution in [-0.4, -0.2) is 66.8 Å². The van der Waals surface area contributed by atoms with Gasteiger partial charge in [0.1, 0.15) is 0 Å². The average Bonchev–Trinajstić information content (AvgIpc) is 2.60. The third-order valence-corrected chi connectivity index (χ3v) is 3.15. The predicted molar refractivity (Wildman–Crippen MR) is 95.6 cm³/mol. The Bertz CT molecular complexity index is 445. The van der Waals surface area contributed by atoms with E-state index in [1.165, 1.54) is 0 Å². The summed E-state index contributed by atoms with van der Waals surface area (Å²) in [6.07, 6.45) is -0.670. The van der Waals surface area contributed by atoms with Crippen molar-refractivity contribution in [2.75, 3.05) is 26.4 Å². The molecule has 28 heavy (non-hydrogen) atoms. The van der Waals surface area contributed by atoms with Gasteiger partial charge in [-0.25, -0.2) is 0 Å². The quantitative estimate of drug-likeness (QED) is 0.216. The number of carbonyl (C=O) groups is 3. The number of aliphatic hydroxyl groups excluding tert-OH is 1. The Kier molecular flexibility index (Phi) is 14.3. The summed E-state index contributed by atoms with van der Waals surface area (Å²) in [7, 11) is 0. The lowest BCUT2D eigenvalue weighted by Crippen LogP contribution is -2.53. The lowest BCUT2D eigenvalue weighted by atomic mass is 10.3. The molecule has 0 heterocycles. The van der Waals surface area contributed by atoms with Crippen molar-refractivity contribution < 1.29 is 48.3 Å². The lowest BCUT2D eigenvalue weighted by Gasteiger charge is -2.32. The van der Waals surface area contributed by atoms with Crippen molar-refractivity contribution in [2.45, 2.75) is 71.6 Å². The fourth-order valence-electron chi connectivity index (χ4n) is 1.93. The predicted octanol–water partition coefficient (Wildman–Crippen LogP) is 1.01. The van der Waals surface area contributed by atoms with Crippen LogP contribution in [0.15, 0.2) is 0 Å². The van der Waals surface area contributed by atoms with E-state index in [1.54, 1.807) is 20.8 Å². The van der Waals surface area contributed by atoms with E-state index >= 15 is 0 Å². The summed E-state index contributed by atoms with van der Waals surface area (Å²) >= 11 is 0. The summed E-state index contributed by atoms with van der Waals surface area (Å²) in [5.74, 6) is -5.38. The molecule has 0 rings (SSSR count). The van der Waals surface area contributed by atoms with E-state index in [-0.39, 0.29) is 45.7 Å². The van der Waals surface area contributed by atoms with E-state index in [0.29, 0.717) is 19.3 Å². The summed E-state index contributed by atoms with van der Waals surface area (Å²) < 4.78 is 25.2. The van der Waals surface area contributed by atoms with Crippen molar-refractivity contribution in [2.24, 2.45) is 0 Å². The van der Waals surface area contributed by atoms with Crippen LogP contribution in [0.2, 0.25) is 0 Å². The molecule has 10 heteroatoms. The van der Waals surface area contributed by atoms with Gasteiger partial charge in [-0.1, -0.05) is 20.8 Å². The molecule has 0 aliphatic heterocycles. The number of rotatable bonds is 16. The minimum absolute atomic E-state index is 0.00964. The van der Waals surface area contributed by atoms with Gasteiger partial charge in [-0.3, -0.25) is 14.4 Å². The van der Waals surface area contributed by atoms with Crippen LogP contribution in [0.5, 0.6) is 0 Å². The van der Waals surface area contributed by atoms with Crippen LogP contribution >= 0.6 is 0 Å². The molecule has 0 aliphatic carbocycles. The third-order valence-electron chi connectivity index (χ3n) is 3.15. The van der Waals surface area contributed by atoms with E-state index in [4.69, 9.17) is 28.8 Å². The molecule has 164 valence electrons. The molecule has 0 aliphatic rings. The van der Waals surface area contributed by atoms with Crippen LogP contribution in [0.1, 0.15) is 59.3 Å². The van der Waals surface area contributed by atoms with Crippen molar-refractivity contribution in [3.8, 4) is 0 Å². The SMILES string of the molecule is CCCC(=O)OC(OCCOCCO)C(O)(OC(=O)CCC)OC(=O)CCC. The van der Waals surface area contributed by atoms with Gasteiger partial charge in [0, 0.05) is 19.3 Å². The molecule has 2 N–H and O–H groups in total. The highest BCUT2D eigenvalue weighted by atomic mass is 16.9. The first-order valence-corrected chi connectivity index (χ1v) is 9.48. The Balaban J connectivity index is 5.38. The van der Waals surface area contributed by atoms with Gasteiger partial charge in [-0.15, -0.1) is 0 Å².